The highest BCUT2D eigenvalue weighted by molar-refractivity contribution is 4.85. The number of nitrogens with zero attached hydrogens (tertiary/aromatic N) is 2. The van der Waals surface area contributed by atoms with Gasteiger partial charge in [0.2, 0.25) is 0 Å². The van der Waals surface area contributed by atoms with Crippen molar-refractivity contribution in [2.24, 2.45) is 5.41 Å². The van der Waals surface area contributed by atoms with Gasteiger partial charge in [-0.05, 0) is 19.0 Å². The van der Waals surface area contributed by atoms with E-state index in [2.05, 4.69) is 37.6 Å². The molecule has 84 valence electrons. The fourth-order valence-electron chi connectivity index (χ4n) is 2.40. The van der Waals surface area contributed by atoms with E-state index in [9.17, 15) is 5.11 Å². The second-order valence-electron chi connectivity index (χ2n) is 5.24. The zero-order valence-electron chi connectivity index (χ0n) is 9.95. The van der Waals surface area contributed by atoms with Crippen LogP contribution in [-0.2, 0) is 0 Å². The summed E-state index contributed by atoms with van der Waals surface area (Å²) in [7, 11) is 2.11. The lowest BCUT2D eigenvalue weighted by atomic mass is 9.93. The van der Waals surface area contributed by atoms with Crippen molar-refractivity contribution in [1.82, 2.24) is 9.80 Å². The van der Waals surface area contributed by atoms with E-state index in [4.69, 9.17) is 0 Å². The van der Waals surface area contributed by atoms with Crippen molar-refractivity contribution in [3.05, 3.63) is 0 Å². The molecule has 0 aliphatic carbocycles. The lowest BCUT2D eigenvalue weighted by Crippen LogP contribution is -2.41. The number of hydrogen-bond donors (Lipinski definition) is 1. The Morgan fingerprint density at radius 2 is 2.00 bits per heavy atom. The third-order valence-electron chi connectivity index (χ3n) is 3.08. The van der Waals surface area contributed by atoms with Crippen molar-refractivity contribution >= 4 is 0 Å². The van der Waals surface area contributed by atoms with Crippen LogP contribution in [0.25, 0.3) is 0 Å². The summed E-state index contributed by atoms with van der Waals surface area (Å²) in [6.45, 7) is 11.3. The highest BCUT2D eigenvalue weighted by atomic mass is 16.3. The fraction of sp³-hybridized carbons (Fsp3) is 1.00. The Bertz CT molecular complexity index is 178. The van der Waals surface area contributed by atoms with Crippen LogP contribution in [0.1, 0.15) is 20.8 Å². The summed E-state index contributed by atoms with van der Waals surface area (Å²) in [6, 6.07) is 0.303. The molecule has 1 fully saturated rings. The van der Waals surface area contributed by atoms with Gasteiger partial charge in [-0.25, -0.2) is 0 Å². The molecule has 1 unspecified atom stereocenters. The second-order valence-corrected chi connectivity index (χ2v) is 5.24. The first-order valence-electron chi connectivity index (χ1n) is 5.52. The standard InChI is InChI=1S/C11H24N2O/c1-5-13-6-10(7-14)12(4)8-11(2,3)9-13/h10,14H,5-9H2,1-4H3. The molecule has 1 N–H and O–H groups in total. The van der Waals surface area contributed by atoms with Gasteiger partial charge in [0.05, 0.1) is 6.61 Å². The Hall–Kier alpha value is -0.120. The van der Waals surface area contributed by atoms with Gasteiger partial charge >= 0.3 is 0 Å². The topological polar surface area (TPSA) is 26.7 Å². The minimum Gasteiger partial charge on any atom is -0.395 e. The third kappa shape index (κ3) is 2.94. The van der Waals surface area contributed by atoms with E-state index in [1.807, 2.05) is 0 Å². The van der Waals surface area contributed by atoms with Gasteiger partial charge in [0, 0.05) is 25.7 Å². The molecule has 0 spiro atoms. The van der Waals surface area contributed by atoms with Crippen LogP contribution in [0.3, 0.4) is 0 Å². The molecule has 1 aliphatic rings. The van der Waals surface area contributed by atoms with E-state index in [0.717, 1.165) is 26.2 Å². The highest BCUT2D eigenvalue weighted by Gasteiger charge is 2.31. The van der Waals surface area contributed by atoms with E-state index in [1.165, 1.54) is 0 Å². The predicted octanol–water partition coefficient (Wildman–Crippen LogP) is 0.641. The predicted molar refractivity (Wildman–Crippen MR) is 59.4 cm³/mol. The maximum absolute atomic E-state index is 9.30. The number of aliphatic hydroxyl groups is 1. The van der Waals surface area contributed by atoms with E-state index in [1.54, 1.807) is 0 Å². The molecule has 1 saturated heterocycles. The van der Waals surface area contributed by atoms with Crippen LogP contribution in [0.4, 0.5) is 0 Å². The largest absolute Gasteiger partial charge is 0.395 e. The minimum atomic E-state index is 0.267. The van der Waals surface area contributed by atoms with Crippen molar-refractivity contribution in [2.75, 3.05) is 39.8 Å². The van der Waals surface area contributed by atoms with E-state index >= 15 is 0 Å². The van der Waals surface area contributed by atoms with Crippen LogP contribution >= 0.6 is 0 Å². The zero-order valence-corrected chi connectivity index (χ0v) is 9.95. The second kappa shape index (κ2) is 4.60. The Morgan fingerprint density at radius 3 is 2.50 bits per heavy atom. The Morgan fingerprint density at radius 1 is 1.36 bits per heavy atom. The number of hydrogen-bond acceptors (Lipinski definition) is 3. The van der Waals surface area contributed by atoms with Gasteiger partial charge in [0.1, 0.15) is 0 Å². The SMILES string of the molecule is CCN1CC(CO)N(C)CC(C)(C)C1. The van der Waals surface area contributed by atoms with E-state index < -0.39 is 0 Å². The lowest BCUT2D eigenvalue weighted by molar-refractivity contribution is 0.127. The molecule has 0 radical (unpaired) electrons. The van der Waals surface area contributed by atoms with Crippen molar-refractivity contribution in [3.63, 3.8) is 0 Å². The van der Waals surface area contributed by atoms with Gasteiger partial charge < -0.3 is 10.0 Å². The summed E-state index contributed by atoms with van der Waals surface area (Å²) >= 11 is 0. The molecule has 14 heavy (non-hydrogen) atoms. The Labute approximate surface area is 87.7 Å². The molecule has 0 aromatic heterocycles. The average molecular weight is 200 g/mol. The van der Waals surface area contributed by atoms with E-state index in [0.29, 0.717) is 11.5 Å². The maximum atomic E-state index is 9.30. The van der Waals surface area contributed by atoms with Crippen LogP contribution in [0, 0.1) is 5.41 Å². The normalized spacial score (nSPS) is 30.2. The van der Waals surface area contributed by atoms with Gasteiger partial charge in [-0.1, -0.05) is 20.8 Å². The Kier molecular flexibility index (Phi) is 3.93. The highest BCUT2D eigenvalue weighted by Crippen LogP contribution is 2.23. The summed E-state index contributed by atoms with van der Waals surface area (Å²) in [5.74, 6) is 0. The monoisotopic (exact) mass is 200 g/mol. The zero-order chi connectivity index (χ0) is 10.8. The summed E-state index contributed by atoms with van der Waals surface area (Å²) in [5.41, 5.74) is 0.328. The lowest BCUT2D eigenvalue weighted by Gasteiger charge is -2.29. The number of aliphatic hydroxyl groups excluding tert-OH is 1. The van der Waals surface area contributed by atoms with E-state index in [-0.39, 0.29) is 6.61 Å². The summed E-state index contributed by atoms with van der Waals surface area (Å²) in [5, 5.41) is 9.30. The Balaban J connectivity index is 2.71. The van der Waals surface area contributed by atoms with Crippen molar-refractivity contribution in [1.29, 1.82) is 0 Å². The van der Waals surface area contributed by atoms with Gasteiger partial charge in [0.25, 0.3) is 0 Å². The molecule has 1 aliphatic heterocycles. The van der Waals surface area contributed by atoms with Crippen LogP contribution in [0.5, 0.6) is 0 Å². The fourth-order valence-corrected chi connectivity index (χ4v) is 2.40. The molecule has 1 heterocycles. The molecular weight excluding hydrogens is 176 g/mol. The van der Waals surface area contributed by atoms with Crippen LogP contribution < -0.4 is 0 Å². The van der Waals surface area contributed by atoms with Gasteiger partial charge in [-0.15, -0.1) is 0 Å². The first kappa shape index (κ1) is 12.0. The number of likely N-dealkylation sites (N-methyl/N-ethyl adjacent to an activating group) is 2. The van der Waals surface area contributed by atoms with Crippen LogP contribution in [0.15, 0.2) is 0 Å². The summed E-state index contributed by atoms with van der Waals surface area (Å²) in [6.07, 6.45) is 0. The van der Waals surface area contributed by atoms with Gasteiger partial charge in [0.15, 0.2) is 0 Å². The summed E-state index contributed by atoms with van der Waals surface area (Å²) in [4.78, 5) is 4.72. The summed E-state index contributed by atoms with van der Waals surface area (Å²) < 4.78 is 0. The maximum Gasteiger partial charge on any atom is 0.0599 e. The smallest absolute Gasteiger partial charge is 0.0599 e. The minimum absolute atomic E-state index is 0.267. The molecule has 0 amide bonds. The molecule has 0 aromatic rings. The molecule has 3 nitrogen and oxygen atoms in total. The van der Waals surface area contributed by atoms with Crippen LogP contribution in [0.2, 0.25) is 0 Å². The number of rotatable bonds is 2. The molecule has 1 atom stereocenters. The molecule has 0 aromatic carbocycles. The van der Waals surface area contributed by atoms with Crippen molar-refractivity contribution in [2.45, 2.75) is 26.8 Å². The molecular formula is C11H24N2O. The first-order chi connectivity index (χ1) is 6.48. The van der Waals surface area contributed by atoms with Crippen LogP contribution in [-0.4, -0.2) is 60.8 Å². The van der Waals surface area contributed by atoms with Crippen molar-refractivity contribution < 1.29 is 5.11 Å². The average Bonchev–Trinajstić information content (AvgIpc) is 2.20. The molecule has 0 saturated carbocycles. The molecule has 0 bridgehead atoms. The van der Waals surface area contributed by atoms with Gasteiger partial charge in [-0.3, -0.25) is 4.90 Å². The van der Waals surface area contributed by atoms with Gasteiger partial charge in [-0.2, -0.15) is 0 Å². The molecule has 1 rings (SSSR count). The van der Waals surface area contributed by atoms with Crippen molar-refractivity contribution in [3.8, 4) is 0 Å². The molecule has 3 heteroatoms. The quantitative estimate of drug-likeness (QED) is 0.708. The first-order valence-corrected chi connectivity index (χ1v) is 5.52. The third-order valence-corrected chi connectivity index (χ3v) is 3.08.